The lowest BCUT2D eigenvalue weighted by Gasteiger charge is -2.61. The first-order chi connectivity index (χ1) is 11.5. The molecule has 5 rings (SSSR count). The number of amides is 2. The van der Waals surface area contributed by atoms with E-state index in [2.05, 4.69) is 10.8 Å². The average molecular weight is 336 g/mol. The zero-order valence-electron chi connectivity index (χ0n) is 14.4. The van der Waals surface area contributed by atoms with Crippen LogP contribution in [0.15, 0.2) is 0 Å². The topological polar surface area (TPSA) is 76.7 Å². The van der Waals surface area contributed by atoms with E-state index in [9.17, 15) is 9.59 Å². The molecule has 4 bridgehead atoms. The monoisotopic (exact) mass is 336 g/mol. The first-order valence-corrected chi connectivity index (χ1v) is 9.35. The Kier molecular flexibility index (Phi) is 4.07. The van der Waals surface area contributed by atoms with Crippen molar-refractivity contribution in [3.8, 4) is 0 Å². The fourth-order valence-electron chi connectivity index (χ4n) is 6.08. The van der Waals surface area contributed by atoms with Gasteiger partial charge in [-0.25, -0.2) is 10.3 Å². The lowest BCUT2D eigenvalue weighted by molar-refractivity contribution is -0.210. The van der Waals surface area contributed by atoms with E-state index in [0.717, 1.165) is 51.4 Å². The van der Waals surface area contributed by atoms with E-state index in [1.54, 1.807) is 6.92 Å². The van der Waals surface area contributed by atoms with Crippen LogP contribution in [0.1, 0.15) is 64.7 Å². The molecule has 0 radical (unpaired) electrons. The summed E-state index contributed by atoms with van der Waals surface area (Å²) in [7, 11) is 0. The summed E-state index contributed by atoms with van der Waals surface area (Å²) in [6.45, 7) is 2.27. The second kappa shape index (κ2) is 5.99. The Morgan fingerprint density at radius 1 is 1.12 bits per heavy atom. The minimum Gasteiger partial charge on any atom is -0.351 e. The lowest BCUT2D eigenvalue weighted by Crippen LogP contribution is -2.65. The van der Waals surface area contributed by atoms with E-state index in [1.165, 1.54) is 6.42 Å². The van der Waals surface area contributed by atoms with Crippen molar-refractivity contribution < 1.29 is 19.2 Å². The standard InChI is InChI=1S/C18H28N2O4/c1-12(21)19-18-9-13-6-14(10-18)8-17(7-13,11-18)16(22)20-24-15-4-2-3-5-23-15/h13-15H,2-11H2,1H3,(H,19,21)(H,20,22)/t13-,14+,15-,17?,18?/m1/s1. The Labute approximate surface area is 143 Å². The Hall–Kier alpha value is -1.14. The molecule has 134 valence electrons. The fraction of sp³-hybridized carbons (Fsp3) is 0.889. The van der Waals surface area contributed by atoms with Crippen LogP contribution in [0.5, 0.6) is 0 Å². The highest BCUT2D eigenvalue weighted by Crippen LogP contribution is 2.61. The average Bonchev–Trinajstić information content (AvgIpc) is 2.51. The second-order valence-electron chi connectivity index (χ2n) is 8.55. The van der Waals surface area contributed by atoms with E-state index in [4.69, 9.17) is 9.57 Å². The molecule has 0 aromatic rings. The van der Waals surface area contributed by atoms with Crippen molar-refractivity contribution in [2.45, 2.75) is 76.5 Å². The van der Waals surface area contributed by atoms with Crippen LogP contribution in [-0.2, 0) is 19.2 Å². The SMILES string of the molecule is CC(=O)NC12C[C@H]3C[C@@H](C1)CC(C(=O)NO[C@@H]1CCCCO1)(C3)C2. The van der Waals surface area contributed by atoms with E-state index < -0.39 is 0 Å². The van der Waals surface area contributed by atoms with Crippen molar-refractivity contribution in [2.75, 3.05) is 6.61 Å². The zero-order chi connectivity index (χ0) is 16.8. The molecule has 5 aliphatic rings. The van der Waals surface area contributed by atoms with Crippen molar-refractivity contribution in [3.05, 3.63) is 0 Å². The van der Waals surface area contributed by atoms with Gasteiger partial charge in [0.05, 0.1) is 5.41 Å². The minimum atomic E-state index is -0.388. The van der Waals surface area contributed by atoms with Gasteiger partial charge in [-0.1, -0.05) is 0 Å². The predicted octanol–water partition coefficient (Wildman–Crippen LogP) is 2.04. The quantitative estimate of drug-likeness (QED) is 0.770. The van der Waals surface area contributed by atoms with Gasteiger partial charge in [0.1, 0.15) is 0 Å². The number of hydrogen-bond acceptors (Lipinski definition) is 4. The summed E-state index contributed by atoms with van der Waals surface area (Å²) in [6, 6.07) is 0. The summed E-state index contributed by atoms with van der Waals surface area (Å²) in [5.41, 5.74) is 2.13. The summed E-state index contributed by atoms with van der Waals surface area (Å²) in [4.78, 5) is 30.2. The van der Waals surface area contributed by atoms with E-state index >= 15 is 0 Å². The maximum atomic E-state index is 13.0. The van der Waals surface area contributed by atoms with Gasteiger partial charge >= 0.3 is 0 Å². The number of carbonyl (C=O) groups excluding carboxylic acids is 2. The Morgan fingerprint density at radius 3 is 2.50 bits per heavy atom. The zero-order valence-corrected chi connectivity index (χ0v) is 14.4. The highest BCUT2D eigenvalue weighted by atomic mass is 16.8. The van der Waals surface area contributed by atoms with Gasteiger partial charge in [0.15, 0.2) is 6.29 Å². The van der Waals surface area contributed by atoms with Gasteiger partial charge in [0.25, 0.3) is 0 Å². The van der Waals surface area contributed by atoms with E-state index in [0.29, 0.717) is 18.4 Å². The Morgan fingerprint density at radius 2 is 1.88 bits per heavy atom. The largest absolute Gasteiger partial charge is 0.351 e. The van der Waals surface area contributed by atoms with Crippen molar-refractivity contribution in [3.63, 3.8) is 0 Å². The molecule has 1 heterocycles. The first kappa shape index (κ1) is 16.3. The van der Waals surface area contributed by atoms with E-state index in [1.807, 2.05) is 0 Å². The fourth-order valence-corrected chi connectivity index (χ4v) is 6.08. The van der Waals surface area contributed by atoms with Gasteiger partial charge in [-0.15, -0.1) is 0 Å². The molecular weight excluding hydrogens is 308 g/mol. The summed E-state index contributed by atoms with van der Waals surface area (Å²) in [5, 5.41) is 3.19. The van der Waals surface area contributed by atoms with Gasteiger partial charge in [-0.2, -0.15) is 0 Å². The van der Waals surface area contributed by atoms with Crippen molar-refractivity contribution in [1.82, 2.24) is 10.8 Å². The molecule has 2 amide bonds. The molecule has 24 heavy (non-hydrogen) atoms. The van der Waals surface area contributed by atoms with Crippen LogP contribution >= 0.6 is 0 Å². The molecule has 2 N–H and O–H groups in total. The third-order valence-electron chi connectivity index (χ3n) is 6.40. The molecule has 5 fully saturated rings. The number of rotatable bonds is 4. The van der Waals surface area contributed by atoms with Crippen LogP contribution in [0.4, 0.5) is 0 Å². The number of carbonyl (C=O) groups is 2. The number of hydrogen-bond donors (Lipinski definition) is 2. The predicted molar refractivity (Wildman–Crippen MR) is 86.5 cm³/mol. The van der Waals surface area contributed by atoms with Crippen molar-refractivity contribution in [2.24, 2.45) is 17.3 Å². The second-order valence-corrected chi connectivity index (χ2v) is 8.55. The lowest BCUT2D eigenvalue weighted by atomic mass is 9.46. The smallest absolute Gasteiger partial charge is 0.249 e. The molecule has 0 spiro atoms. The van der Waals surface area contributed by atoms with Gasteiger partial charge in [0, 0.05) is 25.5 Å². The Balaban J connectivity index is 1.45. The van der Waals surface area contributed by atoms with Gasteiger partial charge < -0.3 is 10.1 Å². The van der Waals surface area contributed by atoms with Crippen LogP contribution in [0, 0.1) is 17.3 Å². The number of hydroxylamine groups is 1. The van der Waals surface area contributed by atoms with Crippen molar-refractivity contribution >= 4 is 11.8 Å². The first-order valence-electron chi connectivity index (χ1n) is 9.35. The molecule has 2 unspecified atom stereocenters. The molecular formula is C18H28N2O4. The minimum absolute atomic E-state index is 0.0133. The third kappa shape index (κ3) is 2.94. The molecule has 0 aromatic heterocycles. The van der Waals surface area contributed by atoms with Gasteiger partial charge in [-0.3, -0.25) is 9.59 Å². The molecule has 1 saturated heterocycles. The highest BCUT2D eigenvalue weighted by Gasteiger charge is 2.61. The summed E-state index contributed by atoms with van der Waals surface area (Å²) in [6.07, 6.45) is 8.46. The molecule has 4 saturated carbocycles. The highest BCUT2D eigenvalue weighted by molar-refractivity contribution is 5.83. The number of nitrogens with one attached hydrogen (secondary N) is 2. The molecule has 6 heteroatoms. The van der Waals surface area contributed by atoms with Crippen LogP contribution < -0.4 is 10.8 Å². The summed E-state index contributed by atoms with van der Waals surface area (Å²) < 4.78 is 5.53. The molecule has 4 aliphatic carbocycles. The molecule has 5 atom stereocenters. The molecule has 6 nitrogen and oxygen atoms in total. The molecule has 1 aliphatic heterocycles. The van der Waals surface area contributed by atoms with Crippen LogP contribution in [0.25, 0.3) is 0 Å². The van der Waals surface area contributed by atoms with E-state index in [-0.39, 0.29) is 29.1 Å². The van der Waals surface area contributed by atoms with Crippen molar-refractivity contribution in [1.29, 1.82) is 0 Å². The van der Waals surface area contributed by atoms with Gasteiger partial charge in [0.2, 0.25) is 11.8 Å². The molecule has 0 aromatic carbocycles. The van der Waals surface area contributed by atoms with Crippen LogP contribution in [0.3, 0.4) is 0 Å². The normalized spacial score (nSPS) is 43.5. The summed E-state index contributed by atoms with van der Waals surface area (Å²) in [5.74, 6) is 1.07. The maximum absolute atomic E-state index is 13.0. The third-order valence-corrected chi connectivity index (χ3v) is 6.40. The number of ether oxygens (including phenoxy) is 1. The van der Waals surface area contributed by atoms with Crippen LogP contribution in [0.2, 0.25) is 0 Å². The van der Waals surface area contributed by atoms with Gasteiger partial charge in [-0.05, 0) is 63.2 Å². The van der Waals surface area contributed by atoms with Crippen LogP contribution in [-0.4, -0.2) is 30.3 Å². The maximum Gasteiger partial charge on any atom is 0.249 e. The Bertz CT molecular complexity index is 515. The summed E-state index contributed by atoms with van der Waals surface area (Å²) >= 11 is 0.